The molecule has 0 saturated heterocycles. The Kier molecular flexibility index (Phi) is 4.65. The zero-order valence-electron chi connectivity index (χ0n) is 15.7. The molecule has 2 aromatic carbocycles. The van der Waals surface area contributed by atoms with Gasteiger partial charge in [-0.1, -0.05) is 18.2 Å². The van der Waals surface area contributed by atoms with Crippen LogP contribution in [0.5, 0.6) is 0 Å². The molecule has 2 heterocycles. The standard InChI is InChI=1S/C21H20FN5O/c1-13-9-14(2)27(26-13)12-21(28)23-16-7-8-18-19(11-16)25-20(24-18)10-15-5-3-4-6-17(15)22/h3-9,11H,10,12H2,1-2H3,(H,23,28)(H,24,25). The van der Waals surface area contributed by atoms with Gasteiger partial charge in [0, 0.05) is 17.8 Å². The molecule has 0 spiro atoms. The Morgan fingerprint density at radius 3 is 2.75 bits per heavy atom. The van der Waals surface area contributed by atoms with Gasteiger partial charge in [0.15, 0.2) is 0 Å². The largest absolute Gasteiger partial charge is 0.342 e. The van der Waals surface area contributed by atoms with Crippen molar-refractivity contribution in [1.29, 1.82) is 0 Å². The number of imidazole rings is 1. The monoisotopic (exact) mass is 377 g/mol. The van der Waals surface area contributed by atoms with E-state index in [1.54, 1.807) is 28.9 Å². The molecule has 28 heavy (non-hydrogen) atoms. The molecule has 0 aliphatic heterocycles. The van der Waals surface area contributed by atoms with Crippen LogP contribution in [-0.4, -0.2) is 25.7 Å². The SMILES string of the molecule is Cc1cc(C)n(CC(=O)Nc2ccc3nc(Cc4ccccc4F)[nH]c3c2)n1. The molecule has 142 valence electrons. The number of hydrogen-bond acceptors (Lipinski definition) is 3. The number of fused-ring (bicyclic) bond motifs is 1. The summed E-state index contributed by atoms with van der Waals surface area (Å²) in [5.74, 6) is 0.267. The number of nitrogens with zero attached hydrogens (tertiary/aromatic N) is 3. The van der Waals surface area contributed by atoms with Crippen molar-refractivity contribution in [2.45, 2.75) is 26.8 Å². The van der Waals surface area contributed by atoms with Crippen molar-refractivity contribution in [2.75, 3.05) is 5.32 Å². The Bertz CT molecular complexity index is 1160. The predicted molar refractivity (Wildman–Crippen MR) is 106 cm³/mol. The summed E-state index contributed by atoms with van der Waals surface area (Å²) in [6.07, 6.45) is 0.376. The highest BCUT2D eigenvalue weighted by atomic mass is 19.1. The fraction of sp³-hybridized carbons (Fsp3) is 0.190. The van der Waals surface area contributed by atoms with E-state index in [0.29, 0.717) is 23.5 Å². The Balaban J connectivity index is 1.49. The lowest BCUT2D eigenvalue weighted by atomic mass is 10.1. The quantitative estimate of drug-likeness (QED) is 0.556. The van der Waals surface area contributed by atoms with Crippen LogP contribution in [0.25, 0.3) is 11.0 Å². The molecule has 2 aromatic heterocycles. The molecule has 0 atom stereocenters. The predicted octanol–water partition coefficient (Wildman–Crippen LogP) is 3.74. The highest BCUT2D eigenvalue weighted by Crippen LogP contribution is 2.19. The molecule has 2 N–H and O–H groups in total. The average Bonchev–Trinajstić information content (AvgIpc) is 3.18. The fourth-order valence-electron chi connectivity index (χ4n) is 3.22. The number of aryl methyl sites for hydroxylation is 2. The van der Waals surface area contributed by atoms with E-state index >= 15 is 0 Å². The zero-order chi connectivity index (χ0) is 19.7. The van der Waals surface area contributed by atoms with Gasteiger partial charge in [-0.25, -0.2) is 9.37 Å². The first-order chi connectivity index (χ1) is 13.5. The van der Waals surface area contributed by atoms with Crippen LogP contribution in [-0.2, 0) is 17.8 Å². The zero-order valence-corrected chi connectivity index (χ0v) is 15.7. The van der Waals surface area contributed by atoms with Crippen LogP contribution in [0.3, 0.4) is 0 Å². The maximum Gasteiger partial charge on any atom is 0.246 e. The number of aromatic amines is 1. The molecule has 0 radical (unpaired) electrons. The van der Waals surface area contributed by atoms with Crippen LogP contribution in [0.1, 0.15) is 22.8 Å². The third kappa shape index (κ3) is 3.78. The molecular weight excluding hydrogens is 357 g/mol. The number of H-pyrrole nitrogens is 1. The van der Waals surface area contributed by atoms with Gasteiger partial charge in [0.05, 0.1) is 16.7 Å². The summed E-state index contributed by atoms with van der Waals surface area (Å²) >= 11 is 0. The smallest absolute Gasteiger partial charge is 0.246 e. The fourth-order valence-corrected chi connectivity index (χ4v) is 3.22. The minimum atomic E-state index is -0.250. The van der Waals surface area contributed by atoms with Gasteiger partial charge in [0.1, 0.15) is 18.2 Å². The number of aromatic nitrogens is 4. The second kappa shape index (κ2) is 7.26. The number of carbonyl (C=O) groups excluding carboxylic acids is 1. The molecule has 0 fully saturated rings. The van der Waals surface area contributed by atoms with Gasteiger partial charge in [-0.05, 0) is 49.7 Å². The summed E-state index contributed by atoms with van der Waals surface area (Å²) in [6.45, 7) is 3.97. The van der Waals surface area contributed by atoms with Crippen molar-refractivity contribution in [3.05, 3.63) is 77.1 Å². The second-order valence-electron chi connectivity index (χ2n) is 6.82. The summed E-state index contributed by atoms with van der Waals surface area (Å²) in [5, 5.41) is 7.18. The van der Waals surface area contributed by atoms with Crippen molar-refractivity contribution in [1.82, 2.24) is 19.7 Å². The number of hydrogen-bond donors (Lipinski definition) is 2. The van der Waals surface area contributed by atoms with Gasteiger partial charge < -0.3 is 10.3 Å². The molecule has 7 heteroatoms. The van der Waals surface area contributed by atoms with Crippen molar-refractivity contribution < 1.29 is 9.18 Å². The summed E-state index contributed by atoms with van der Waals surface area (Å²) in [4.78, 5) is 20.0. The van der Waals surface area contributed by atoms with E-state index < -0.39 is 0 Å². The van der Waals surface area contributed by atoms with E-state index in [0.717, 1.165) is 22.4 Å². The van der Waals surface area contributed by atoms with E-state index in [1.807, 2.05) is 32.0 Å². The molecule has 0 aliphatic rings. The summed E-state index contributed by atoms with van der Waals surface area (Å²) in [6, 6.07) is 14.0. The number of anilines is 1. The minimum absolute atomic E-state index is 0.152. The van der Waals surface area contributed by atoms with E-state index in [-0.39, 0.29) is 18.3 Å². The molecule has 1 amide bonds. The molecule has 6 nitrogen and oxygen atoms in total. The number of amides is 1. The van der Waals surface area contributed by atoms with Crippen LogP contribution in [0.4, 0.5) is 10.1 Å². The number of halogens is 1. The Morgan fingerprint density at radius 2 is 2.00 bits per heavy atom. The maximum atomic E-state index is 13.9. The first kappa shape index (κ1) is 17.9. The first-order valence-electron chi connectivity index (χ1n) is 9.01. The van der Waals surface area contributed by atoms with Crippen LogP contribution in [0.2, 0.25) is 0 Å². The molecular formula is C21H20FN5O. The van der Waals surface area contributed by atoms with Gasteiger partial charge in [-0.3, -0.25) is 9.48 Å². The lowest BCUT2D eigenvalue weighted by molar-refractivity contribution is -0.116. The lowest BCUT2D eigenvalue weighted by Crippen LogP contribution is -2.20. The molecule has 4 aromatic rings. The van der Waals surface area contributed by atoms with Crippen LogP contribution >= 0.6 is 0 Å². The van der Waals surface area contributed by atoms with Gasteiger partial charge in [-0.15, -0.1) is 0 Å². The van der Waals surface area contributed by atoms with Crippen molar-refractivity contribution in [2.24, 2.45) is 0 Å². The van der Waals surface area contributed by atoms with Crippen molar-refractivity contribution in [3.8, 4) is 0 Å². The lowest BCUT2D eigenvalue weighted by Gasteiger charge is -2.06. The van der Waals surface area contributed by atoms with Crippen molar-refractivity contribution in [3.63, 3.8) is 0 Å². The number of rotatable bonds is 5. The Hall–Kier alpha value is -3.48. The average molecular weight is 377 g/mol. The molecule has 4 rings (SSSR count). The summed E-state index contributed by atoms with van der Waals surface area (Å²) in [7, 11) is 0. The van der Waals surface area contributed by atoms with Crippen molar-refractivity contribution >= 4 is 22.6 Å². The van der Waals surface area contributed by atoms with Gasteiger partial charge in [-0.2, -0.15) is 5.10 Å². The summed E-state index contributed by atoms with van der Waals surface area (Å²) in [5.41, 5.74) is 4.62. The van der Waals surface area contributed by atoms with E-state index in [4.69, 9.17) is 0 Å². The molecule has 0 unspecified atom stereocenters. The highest BCUT2D eigenvalue weighted by Gasteiger charge is 2.10. The van der Waals surface area contributed by atoms with Crippen LogP contribution < -0.4 is 5.32 Å². The highest BCUT2D eigenvalue weighted by molar-refractivity contribution is 5.92. The number of benzene rings is 2. The Morgan fingerprint density at radius 1 is 1.18 bits per heavy atom. The van der Waals surface area contributed by atoms with Gasteiger partial charge in [0.25, 0.3) is 0 Å². The Labute approximate surface area is 161 Å². The molecule has 0 bridgehead atoms. The second-order valence-corrected chi connectivity index (χ2v) is 6.82. The normalized spacial score (nSPS) is 11.1. The topological polar surface area (TPSA) is 75.6 Å². The first-order valence-corrected chi connectivity index (χ1v) is 9.01. The molecule has 0 saturated carbocycles. The number of carbonyl (C=O) groups is 1. The van der Waals surface area contributed by atoms with E-state index in [1.165, 1.54) is 6.07 Å². The van der Waals surface area contributed by atoms with Gasteiger partial charge in [0.2, 0.25) is 5.91 Å². The summed E-state index contributed by atoms with van der Waals surface area (Å²) < 4.78 is 15.5. The van der Waals surface area contributed by atoms with E-state index in [9.17, 15) is 9.18 Å². The van der Waals surface area contributed by atoms with Gasteiger partial charge >= 0.3 is 0 Å². The van der Waals surface area contributed by atoms with E-state index in [2.05, 4.69) is 20.4 Å². The van der Waals surface area contributed by atoms with Crippen LogP contribution in [0.15, 0.2) is 48.5 Å². The third-order valence-corrected chi connectivity index (χ3v) is 4.53. The molecule has 0 aliphatic carbocycles. The van der Waals surface area contributed by atoms with Crippen LogP contribution in [0, 0.1) is 19.7 Å². The third-order valence-electron chi connectivity index (χ3n) is 4.53. The minimum Gasteiger partial charge on any atom is -0.342 e. The number of nitrogens with one attached hydrogen (secondary N) is 2. The maximum absolute atomic E-state index is 13.9.